The van der Waals surface area contributed by atoms with Crippen LogP contribution in [0.2, 0.25) is 0 Å². The van der Waals surface area contributed by atoms with Gasteiger partial charge >= 0.3 is 0 Å². The monoisotopic (exact) mass is 257 g/mol. The van der Waals surface area contributed by atoms with Gasteiger partial charge in [-0.2, -0.15) is 20.2 Å². The van der Waals surface area contributed by atoms with Gasteiger partial charge in [-0.15, -0.1) is 0 Å². The summed E-state index contributed by atoms with van der Waals surface area (Å²) in [6.07, 6.45) is 3.20. The molecule has 0 saturated heterocycles. The zero-order valence-electron chi connectivity index (χ0n) is 8.85. The highest BCUT2D eigenvalue weighted by Gasteiger charge is 2.07. The quantitative estimate of drug-likeness (QED) is 0.397. The Kier molecular flexibility index (Phi) is 8.45. The zero-order chi connectivity index (χ0) is 11.7. The number of rotatable bonds is 9. The van der Waals surface area contributed by atoms with Crippen molar-refractivity contribution in [2.24, 2.45) is 0 Å². The fraction of sp³-hybridized carbons (Fsp3) is 1.00. The lowest BCUT2D eigenvalue weighted by Crippen LogP contribution is -2.34. The first-order valence-corrected chi connectivity index (χ1v) is 7.78. The second kappa shape index (κ2) is 8.35. The maximum atomic E-state index is 10.4. The number of nitrogens with one attached hydrogen (secondary N) is 1. The summed E-state index contributed by atoms with van der Waals surface area (Å²) in [6.45, 7) is 0.534. The van der Waals surface area contributed by atoms with Crippen LogP contribution in [0.3, 0.4) is 0 Å². The predicted octanol–water partition coefficient (Wildman–Crippen LogP) is -0.0321. The highest BCUT2D eigenvalue weighted by molar-refractivity contribution is 7.98. The Morgan fingerprint density at radius 3 is 2.60 bits per heavy atom. The van der Waals surface area contributed by atoms with E-state index in [9.17, 15) is 8.42 Å². The van der Waals surface area contributed by atoms with Crippen LogP contribution in [-0.4, -0.2) is 55.0 Å². The summed E-state index contributed by atoms with van der Waals surface area (Å²) in [4.78, 5) is 0. The zero-order valence-corrected chi connectivity index (χ0v) is 10.5. The average Bonchev–Trinajstić information content (AvgIpc) is 2.15. The summed E-state index contributed by atoms with van der Waals surface area (Å²) in [6, 6.07) is 0.0128. The molecule has 0 unspecified atom stereocenters. The summed E-state index contributed by atoms with van der Waals surface area (Å²) in [7, 11) is -3.85. The van der Waals surface area contributed by atoms with Crippen LogP contribution in [0.5, 0.6) is 0 Å². The minimum absolute atomic E-state index is 0.0128. The van der Waals surface area contributed by atoms with Gasteiger partial charge in [0.25, 0.3) is 10.1 Å². The predicted molar refractivity (Wildman–Crippen MR) is 62.9 cm³/mol. The number of aliphatic hydroxyl groups is 1. The molecule has 0 aliphatic rings. The van der Waals surface area contributed by atoms with Crippen LogP contribution in [0.15, 0.2) is 0 Å². The van der Waals surface area contributed by atoms with Crippen LogP contribution in [0.25, 0.3) is 0 Å². The van der Waals surface area contributed by atoms with E-state index in [-0.39, 0.29) is 18.4 Å². The SMILES string of the molecule is CSCC[C@@H](CO)NCCCS(=O)(=O)O. The molecule has 0 amide bonds. The Bertz CT molecular complexity index is 243. The molecule has 0 heterocycles. The molecular weight excluding hydrogens is 238 g/mol. The molecule has 5 nitrogen and oxygen atoms in total. The Labute approximate surface area is 95.4 Å². The van der Waals surface area contributed by atoms with E-state index >= 15 is 0 Å². The molecule has 0 fully saturated rings. The van der Waals surface area contributed by atoms with Crippen LogP contribution in [-0.2, 0) is 10.1 Å². The smallest absolute Gasteiger partial charge is 0.264 e. The first-order chi connectivity index (χ1) is 6.99. The van der Waals surface area contributed by atoms with E-state index < -0.39 is 10.1 Å². The second-order valence-electron chi connectivity index (χ2n) is 3.25. The standard InChI is InChI=1S/C8H19NO4S2/c1-14-5-3-8(7-10)9-4-2-6-15(11,12)13/h8-10H,2-7H2,1H3,(H,11,12,13)/t8-/m0/s1. The highest BCUT2D eigenvalue weighted by atomic mass is 32.2. The maximum absolute atomic E-state index is 10.4. The van der Waals surface area contributed by atoms with Gasteiger partial charge in [0.15, 0.2) is 0 Å². The topological polar surface area (TPSA) is 86.6 Å². The van der Waals surface area contributed by atoms with Crippen LogP contribution in [0.4, 0.5) is 0 Å². The van der Waals surface area contributed by atoms with E-state index in [1.54, 1.807) is 11.8 Å². The van der Waals surface area contributed by atoms with Gasteiger partial charge in [-0.25, -0.2) is 0 Å². The highest BCUT2D eigenvalue weighted by Crippen LogP contribution is 2.00. The molecule has 0 aromatic rings. The molecule has 0 saturated carbocycles. The van der Waals surface area contributed by atoms with Crippen molar-refractivity contribution in [3.63, 3.8) is 0 Å². The molecule has 15 heavy (non-hydrogen) atoms. The third kappa shape index (κ3) is 10.5. The fourth-order valence-corrected chi connectivity index (χ4v) is 2.11. The van der Waals surface area contributed by atoms with Gasteiger partial charge in [-0.3, -0.25) is 4.55 Å². The third-order valence-electron chi connectivity index (χ3n) is 1.90. The number of thioether (sulfide) groups is 1. The fourth-order valence-electron chi connectivity index (χ4n) is 1.08. The van der Waals surface area contributed by atoms with E-state index in [0.29, 0.717) is 13.0 Å². The van der Waals surface area contributed by atoms with Crippen LogP contribution < -0.4 is 5.32 Å². The van der Waals surface area contributed by atoms with Crippen molar-refractivity contribution < 1.29 is 18.1 Å². The Hall–Kier alpha value is 0.180. The molecule has 3 N–H and O–H groups in total. The number of hydrogen-bond acceptors (Lipinski definition) is 5. The van der Waals surface area contributed by atoms with Crippen LogP contribution in [0, 0.1) is 0 Å². The van der Waals surface area contributed by atoms with Crippen molar-refractivity contribution in [1.82, 2.24) is 5.32 Å². The van der Waals surface area contributed by atoms with Crippen molar-refractivity contribution in [2.45, 2.75) is 18.9 Å². The van der Waals surface area contributed by atoms with E-state index in [0.717, 1.165) is 12.2 Å². The molecule has 1 atom stereocenters. The summed E-state index contributed by atoms with van der Waals surface area (Å²) >= 11 is 1.70. The molecule has 0 aliphatic heterocycles. The lowest BCUT2D eigenvalue weighted by atomic mass is 10.2. The summed E-state index contributed by atoms with van der Waals surface area (Å²) < 4.78 is 29.3. The van der Waals surface area contributed by atoms with Gasteiger partial charge in [-0.05, 0) is 31.4 Å². The minimum Gasteiger partial charge on any atom is -0.395 e. The van der Waals surface area contributed by atoms with Gasteiger partial charge in [0.2, 0.25) is 0 Å². The Balaban J connectivity index is 3.54. The summed E-state index contributed by atoms with van der Waals surface area (Å²) in [5, 5.41) is 12.0. The van der Waals surface area contributed by atoms with Crippen molar-refractivity contribution in [2.75, 3.05) is 30.9 Å². The van der Waals surface area contributed by atoms with E-state index in [1.165, 1.54) is 0 Å². The van der Waals surface area contributed by atoms with Gasteiger partial charge in [-0.1, -0.05) is 0 Å². The molecule has 92 valence electrons. The first kappa shape index (κ1) is 15.2. The molecule has 7 heteroatoms. The molecule has 0 aromatic heterocycles. The largest absolute Gasteiger partial charge is 0.395 e. The average molecular weight is 257 g/mol. The number of hydrogen-bond donors (Lipinski definition) is 3. The summed E-state index contributed by atoms with van der Waals surface area (Å²) in [5.41, 5.74) is 0. The normalized spacial score (nSPS) is 14.1. The van der Waals surface area contributed by atoms with Gasteiger partial charge in [0.1, 0.15) is 0 Å². The lowest BCUT2D eigenvalue weighted by molar-refractivity contribution is 0.240. The van der Waals surface area contributed by atoms with Crippen molar-refractivity contribution in [1.29, 1.82) is 0 Å². The van der Waals surface area contributed by atoms with Crippen molar-refractivity contribution in [3.8, 4) is 0 Å². The molecule has 0 aromatic carbocycles. The van der Waals surface area contributed by atoms with Crippen LogP contribution >= 0.6 is 11.8 Å². The lowest BCUT2D eigenvalue weighted by Gasteiger charge is -2.15. The third-order valence-corrected chi connectivity index (χ3v) is 3.35. The maximum Gasteiger partial charge on any atom is 0.264 e. The van der Waals surface area contributed by atoms with Crippen molar-refractivity contribution in [3.05, 3.63) is 0 Å². The Morgan fingerprint density at radius 2 is 2.13 bits per heavy atom. The van der Waals surface area contributed by atoms with E-state index in [1.807, 2.05) is 6.26 Å². The molecular formula is C8H19NO4S2. The second-order valence-corrected chi connectivity index (χ2v) is 5.81. The molecule has 0 bridgehead atoms. The van der Waals surface area contributed by atoms with Gasteiger partial charge < -0.3 is 10.4 Å². The van der Waals surface area contributed by atoms with Gasteiger partial charge in [0.05, 0.1) is 12.4 Å². The van der Waals surface area contributed by atoms with Crippen molar-refractivity contribution >= 4 is 21.9 Å². The molecule has 0 rings (SSSR count). The molecule has 0 radical (unpaired) electrons. The molecule has 0 aliphatic carbocycles. The van der Waals surface area contributed by atoms with Crippen LogP contribution in [0.1, 0.15) is 12.8 Å². The van der Waals surface area contributed by atoms with E-state index in [4.69, 9.17) is 9.66 Å². The number of aliphatic hydroxyl groups excluding tert-OH is 1. The molecule has 0 spiro atoms. The van der Waals surface area contributed by atoms with E-state index in [2.05, 4.69) is 5.32 Å². The summed E-state index contributed by atoms with van der Waals surface area (Å²) in [5.74, 6) is 0.719. The Morgan fingerprint density at radius 1 is 1.47 bits per heavy atom. The minimum atomic E-state index is -3.85. The first-order valence-electron chi connectivity index (χ1n) is 4.78. The van der Waals surface area contributed by atoms with Gasteiger partial charge in [0, 0.05) is 6.04 Å².